The average Bonchev–Trinajstić information content (AvgIpc) is 2.86. The first-order valence-corrected chi connectivity index (χ1v) is 8.07. The van der Waals surface area contributed by atoms with Gasteiger partial charge >= 0.3 is 5.97 Å². The standard InChI is InChI=1S/C14H18Cl2N4O2/c1-2-22-10(21)7-5-3-4-6-8-20-9-17-11-12(15)18-14(16)19-13(11)20/h9H,2-8H2,1H3. The summed E-state index contributed by atoms with van der Waals surface area (Å²) < 4.78 is 6.80. The van der Waals surface area contributed by atoms with Crippen LogP contribution < -0.4 is 0 Å². The quantitative estimate of drug-likeness (QED) is 0.316. The van der Waals surface area contributed by atoms with Crippen molar-refractivity contribution in [3.8, 4) is 0 Å². The fourth-order valence-electron chi connectivity index (χ4n) is 2.19. The Bertz CT molecular complexity index is 645. The predicted octanol–water partition coefficient (Wildman–Crippen LogP) is 3.65. The van der Waals surface area contributed by atoms with Crippen LogP contribution in [0, 0.1) is 0 Å². The van der Waals surface area contributed by atoms with Crippen LogP contribution in [-0.4, -0.2) is 32.1 Å². The minimum Gasteiger partial charge on any atom is -0.466 e. The second kappa shape index (κ2) is 8.29. The number of rotatable bonds is 8. The summed E-state index contributed by atoms with van der Waals surface area (Å²) in [5.74, 6) is -0.121. The van der Waals surface area contributed by atoms with Gasteiger partial charge in [-0.25, -0.2) is 9.97 Å². The molecule has 0 aliphatic rings. The highest BCUT2D eigenvalue weighted by Crippen LogP contribution is 2.21. The number of carbonyl (C=O) groups is 1. The summed E-state index contributed by atoms with van der Waals surface area (Å²) in [5, 5.41) is 0.386. The zero-order valence-corrected chi connectivity index (χ0v) is 13.9. The molecule has 0 aliphatic heterocycles. The molecule has 0 aliphatic carbocycles. The summed E-state index contributed by atoms with van der Waals surface area (Å²) in [4.78, 5) is 23.4. The molecule has 22 heavy (non-hydrogen) atoms. The van der Waals surface area contributed by atoms with Crippen LogP contribution in [0.4, 0.5) is 0 Å². The minimum absolute atomic E-state index is 0.119. The maximum absolute atomic E-state index is 11.2. The van der Waals surface area contributed by atoms with E-state index in [2.05, 4.69) is 15.0 Å². The van der Waals surface area contributed by atoms with Gasteiger partial charge in [0.05, 0.1) is 12.9 Å². The molecular weight excluding hydrogens is 327 g/mol. The summed E-state index contributed by atoms with van der Waals surface area (Å²) in [6.07, 6.45) is 6.00. The predicted molar refractivity (Wildman–Crippen MR) is 85.1 cm³/mol. The van der Waals surface area contributed by atoms with E-state index >= 15 is 0 Å². The first-order chi connectivity index (χ1) is 10.6. The van der Waals surface area contributed by atoms with Gasteiger partial charge in [0.25, 0.3) is 0 Å². The lowest BCUT2D eigenvalue weighted by molar-refractivity contribution is -0.143. The van der Waals surface area contributed by atoms with Gasteiger partial charge in [-0.15, -0.1) is 0 Å². The van der Waals surface area contributed by atoms with Crippen LogP contribution in [0.15, 0.2) is 6.33 Å². The van der Waals surface area contributed by atoms with Gasteiger partial charge < -0.3 is 9.30 Å². The van der Waals surface area contributed by atoms with Crippen molar-refractivity contribution in [3.05, 3.63) is 16.8 Å². The van der Waals surface area contributed by atoms with Crippen LogP contribution in [0.2, 0.25) is 10.4 Å². The van der Waals surface area contributed by atoms with Crippen molar-refractivity contribution >= 4 is 40.3 Å². The van der Waals surface area contributed by atoms with Crippen LogP contribution in [0.25, 0.3) is 11.2 Å². The number of aromatic nitrogens is 4. The van der Waals surface area contributed by atoms with Crippen molar-refractivity contribution in [2.75, 3.05) is 6.61 Å². The van der Waals surface area contributed by atoms with E-state index in [9.17, 15) is 4.79 Å². The van der Waals surface area contributed by atoms with Gasteiger partial charge in [-0.3, -0.25) is 4.79 Å². The van der Waals surface area contributed by atoms with Gasteiger partial charge in [0.1, 0.15) is 5.52 Å². The average molecular weight is 345 g/mol. The molecule has 2 aromatic heterocycles. The minimum atomic E-state index is -0.121. The molecule has 0 bridgehead atoms. The normalized spacial score (nSPS) is 11.0. The number of hydrogen-bond donors (Lipinski definition) is 0. The highest BCUT2D eigenvalue weighted by atomic mass is 35.5. The van der Waals surface area contributed by atoms with Crippen molar-refractivity contribution in [2.24, 2.45) is 0 Å². The van der Waals surface area contributed by atoms with Crippen molar-refractivity contribution in [3.63, 3.8) is 0 Å². The van der Waals surface area contributed by atoms with E-state index in [0.717, 1.165) is 32.2 Å². The Morgan fingerprint density at radius 2 is 2.00 bits per heavy atom. The fourth-order valence-corrected chi connectivity index (χ4v) is 2.61. The van der Waals surface area contributed by atoms with Crippen LogP contribution in [0.1, 0.15) is 39.0 Å². The molecule has 0 radical (unpaired) electrons. The highest BCUT2D eigenvalue weighted by molar-refractivity contribution is 6.35. The molecule has 0 unspecified atom stereocenters. The number of ether oxygens (including phenoxy) is 1. The zero-order valence-electron chi connectivity index (χ0n) is 12.4. The van der Waals surface area contributed by atoms with Gasteiger partial charge in [-0.2, -0.15) is 4.98 Å². The number of imidazole rings is 1. The monoisotopic (exact) mass is 344 g/mol. The second-order valence-electron chi connectivity index (χ2n) is 4.86. The van der Waals surface area contributed by atoms with Crippen molar-refractivity contribution in [2.45, 2.75) is 45.6 Å². The van der Waals surface area contributed by atoms with Crippen LogP contribution in [0.3, 0.4) is 0 Å². The van der Waals surface area contributed by atoms with E-state index in [1.54, 1.807) is 6.33 Å². The number of carbonyl (C=O) groups excluding carboxylic acids is 1. The molecule has 2 heterocycles. The number of esters is 1. The number of fused-ring (bicyclic) bond motifs is 1. The lowest BCUT2D eigenvalue weighted by Gasteiger charge is -2.04. The van der Waals surface area contributed by atoms with Crippen LogP contribution in [0.5, 0.6) is 0 Å². The van der Waals surface area contributed by atoms with Gasteiger partial charge in [0.15, 0.2) is 10.8 Å². The Kier molecular flexibility index (Phi) is 6.39. The molecule has 0 saturated heterocycles. The summed E-state index contributed by atoms with van der Waals surface area (Å²) >= 11 is 11.8. The van der Waals surface area contributed by atoms with Crippen LogP contribution >= 0.6 is 23.2 Å². The maximum atomic E-state index is 11.2. The molecule has 0 saturated carbocycles. The Hall–Kier alpha value is -1.40. The molecule has 0 N–H and O–H groups in total. The molecule has 6 nitrogen and oxygen atoms in total. The van der Waals surface area contributed by atoms with E-state index in [1.165, 1.54) is 0 Å². The van der Waals surface area contributed by atoms with E-state index < -0.39 is 0 Å². The number of hydrogen-bond acceptors (Lipinski definition) is 5. The van der Waals surface area contributed by atoms with E-state index in [0.29, 0.717) is 24.2 Å². The van der Waals surface area contributed by atoms with Crippen molar-refractivity contribution in [1.82, 2.24) is 19.5 Å². The number of aryl methyl sites for hydroxylation is 1. The number of nitrogens with zero attached hydrogens (tertiary/aromatic N) is 4. The summed E-state index contributed by atoms with van der Waals surface area (Å²) in [6.45, 7) is 3.04. The van der Waals surface area contributed by atoms with Gasteiger partial charge in [-0.05, 0) is 31.4 Å². The van der Waals surface area contributed by atoms with E-state index in [1.807, 2.05) is 11.5 Å². The Balaban J connectivity index is 1.77. The van der Waals surface area contributed by atoms with Crippen molar-refractivity contribution < 1.29 is 9.53 Å². The van der Waals surface area contributed by atoms with Crippen molar-refractivity contribution in [1.29, 1.82) is 0 Å². The Morgan fingerprint density at radius 1 is 1.23 bits per heavy atom. The summed E-state index contributed by atoms with van der Waals surface area (Å²) in [6, 6.07) is 0. The smallest absolute Gasteiger partial charge is 0.305 e. The molecule has 2 rings (SSSR count). The SMILES string of the molecule is CCOC(=O)CCCCCCn1cnc2c(Cl)nc(Cl)nc21. The Labute approximate surface area is 138 Å². The number of halogens is 2. The molecule has 0 amide bonds. The molecule has 0 atom stereocenters. The first kappa shape index (κ1) is 17.0. The summed E-state index contributed by atoms with van der Waals surface area (Å²) in [5.41, 5.74) is 1.21. The largest absolute Gasteiger partial charge is 0.466 e. The topological polar surface area (TPSA) is 69.9 Å². The third kappa shape index (κ3) is 4.55. The third-order valence-corrected chi connectivity index (χ3v) is 3.66. The maximum Gasteiger partial charge on any atom is 0.305 e. The van der Waals surface area contributed by atoms with Gasteiger partial charge in [0, 0.05) is 13.0 Å². The second-order valence-corrected chi connectivity index (χ2v) is 5.56. The lowest BCUT2D eigenvalue weighted by atomic mass is 10.1. The molecule has 0 aromatic carbocycles. The lowest BCUT2D eigenvalue weighted by Crippen LogP contribution is -2.03. The third-order valence-electron chi connectivity index (χ3n) is 3.23. The molecule has 120 valence electrons. The van der Waals surface area contributed by atoms with E-state index in [-0.39, 0.29) is 16.4 Å². The first-order valence-electron chi connectivity index (χ1n) is 7.31. The molecule has 0 fully saturated rings. The van der Waals surface area contributed by atoms with Gasteiger partial charge in [-0.1, -0.05) is 24.4 Å². The number of unbranched alkanes of at least 4 members (excludes halogenated alkanes) is 3. The zero-order chi connectivity index (χ0) is 15.9. The van der Waals surface area contributed by atoms with Gasteiger partial charge in [0.2, 0.25) is 5.28 Å². The fraction of sp³-hybridized carbons (Fsp3) is 0.571. The molecule has 2 aromatic rings. The summed E-state index contributed by atoms with van der Waals surface area (Å²) in [7, 11) is 0. The van der Waals surface area contributed by atoms with Crippen LogP contribution in [-0.2, 0) is 16.1 Å². The van der Waals surface area contributed by atoms with E-state index in [4.69, 9.17) is 27.9 Å². The highest BCUT2D eigenvalue weighted by Gasteiger charge is 2.10. The Morgan fingerprint density at radius 3 is 2.77 bits per heavy atom. The molecule has 0 spiro atoms. The molecule has 8 heteroatoms. The molecular formula is C14H18Cl2N4O2.